The van der Waals surface area contributed by atoms with Crippen molar-refractivity contribution in [2.45, 2.75) is 39.2 Å². The largest absolute Gasteiger partial charge is 0.573 e. The van der Waals surface area contributed by atoms with Crippen LogP contribution in [0.1, 0.15) is 33.0 Å². The average molecular weight is 410 g/mol. The smallest absolute Gasteiger partial charge is 0.444 e. The highest BCUT2D eigenvalue weighted by Crippen LogP contribution is 2.24. The molecule has 0 N–H and O–H groups in total. The van der Waals surface area contributed by atoms with Crippen molar-refractivity contribution in [1.29, 1.82) is 0 Å². The number of nitrogens with zero attached hydrogens (tertiary/aromatic N) is 4. The van der Waals surface area contributed by atoms with E-state index in [9.17, 15) is 18.0 Å². The molecule has 0 saturated carbocycles. The molecule has 0 aliphatic carbocycles. The molecule has 0 fully saturated rings. The predicted octanol–water partition coefficient (Wildman–Crippen LogP) is 4.19. The van der Waals surface area contributed by atoms with Crippen LogP contribution in [-0.2, 0) is 4.74 Å². The summed E-state index contributed by atoms with van der Waals surface area (Å²) in [5.74, 6) is 0.124. The molecule has 3 rings (SSSR count). The highest BCUT2D eigenvalue weighted by Gasteiger charge is 2.31. The van der Waals surface area contributed by atoms with E-state index in [1.54, 1.807) is 25.7 Å². The number of hydrogen-bond donors (Lipinski definition) is 0. The number of benzene rings is 1. The first kappa shape index (κ1) is 20.7. The topological polar surface area (TPSA) is 69.5 Å². The van der Waals surface area contributed by atoms with Gasteiger partial charge in [0.05, 0.1) is 12.2 Å². The van der Waals surface area contributed by atoms with Crippen molar-refractivity contribution >= 4 is 11.7 Å². The second kappa shape index (κ2) is 7.76. The van der Waals surface area contributed by atoms with Gasteiger partial charge in [0.15, 0.2) is 5.82 Å². The molecular weight excluding hydrogens is 389 g/mol. The molecule has 0 radical (unpaired) electrons. The van der Waals surface area contributed by atoms with Crippen LogP contribution in [0.15, 0.2) is 36.7 Å². The minimum Gasteiger partial charge on any atom is -0.444 e. The molecule has 1 amide bonds. The number of carbonyl (C=O) groups is 1. The third-order valence-electron chi connectivity index (χ3n) is 3.92. The van der Waals surface area contributed by atoms with E-state index in [4.69, 9.17) is 4.74 Å². The van der Waals surface area contributed by atoms with E-state index in [1.165, 1.54) is 35.3 Å². The van der Waals surface area contributed by atoms with Gasteiger partial charge in [0.2, 0.25) is 0 Å². The van der Waals surface area contributed by atoms with Crippen LogP contribution >= 0.6 is 0 Å². The first-order valence-corrected chi connectivity index (χ1v) is 8.95. The van der Waals surface area contributed by atoms with Gasteiger partial charge in [0.25, 0.3) is 0 Å². The monoisotopic (exact) mass is 410 g/mol. The van der Waals surface area contributed by atoms with Gasteiger partial charge in [-0.3, -0.25) is 0 Å². The van der Waals surface area contributed by atoms with Gasteiger partial charge in [-0.15, -0.1) is 18.3 Å². The molecule has 1 aliphatic rings. The number of halogens is 3. The Bertz CT molecular complexity index is 899. The Morgan fingerprint density at radius 3 is 2.45 bits per heavy atom. The number of hydrogen-bond acceptors (Lipinski definition) is 5. The lowest BCUT2D eigenvalue weighted by molar-refractivity contribution is -0.274. The van der Waals surface area contributed by atoms with Crippen molar-refractivity contribution in [3.63, 3.8) is 0 Å². The van der Waals surface area contributed by atoms with E-state index in [-0.39, 0.29) is 5.75 Å². The van der Waals surface area contributed by atoms with Gasteiger partial charge < -0.3 is 14.4 Å². The van der Waals surface area contributed by atoms with E-state index >= 15 is 0 Å². The highest BCUT2D eigenvalue weighted by atomic mass is 19.4. The zero-order valence-electron chi connectivity index (χ0n) is 16.2. The Morgan fingerprint density at radius 2 is 1.83 bits per heavy atom. The van der Waals surface area contributed by atoms with Crippen LogP contribution in [0.3, 0.4) is 0 Å². The molecule has 0 unspecified atom stereocenters. The first-order chi connectivity index (χ1) is 13.5. The van der Waals surface area contributed by atoms with Gasteiger partial charge in [0, 0.05) is 12.1 Å². The Kier molecular flexibility index (Phi) is 5.54. The fourth-order valence-corrected chi connectivity index (χ4v) is 2.72. The minimum atomic E-state index is -4.74. The lowest BCUT2D eigenvalue weighted by atomic mass is 10.1. The third-order valence-corrected chi connectivity index (χ3v) is 3.92. The Morgan fingerprint density at radius 1 is 1.14 bits per heavy atom. The molecule has 10 heteroatoms. The Balaban J connectivity index is 1.69. The molecule has 1 aromatic carbocycles. The van der Waals surface area contributed by atoms with Gasteiger partial charge >= 0.3 is 12.5 Å². The summed E-state index contributed by atoms with van der Waals surface area (Å²) >= 11 is 0. The molecule has 2 aromatic rings. The van der Waals surface area contributed by atoms with E-state index in [2.05, 4.69) is 14.8 Å². The Hall–Kier alpha value is -3.04. The summed E-state index contributed by atoms with van der Waals surface area (Å²) in [5.41, 5.74) is 0.719. The van der Waals surface area contributed by atoms with Gasteiger partial charge in [-0.1, -0.05) is 6.08 Å². The van der Waals surface area contributed by atoms with Crippen LogP contribution in [0.2, 0.25) is 0 Å². The summed E-state index contributed by atoms with van der Waals surface area (Å²) in [5, 5.41) is 4.37. The third kappa shape index (κ3) is 5.72. The summed E-state index contributed by atoms with van der Waals surface area (Å²) in [6.45, 7) is 6.27. The van der Waals surface area contributed by atoms with Crippen molar-refractivity contribution in [2.24, 2.45) is 0 Å². The number of ether oxygens (including phenoxy) is 2. The predicted molar refractivity (Wildman–Crippen MR) is 98.4 cm³/mol. The zero-order chi connectivity index (χ0) is 21.2. The van der Waals surface area contributed by atoms with E-state index in [0.29, 0.717) is 31.0 Å². The van der Waals surface area contributed by atoms with Crippen LogP contribution in [0.5, 0.6) is 5.75 Å². The maximum absolute atomic E-state index is 12.3. The second-order valence-electron chi connectivity index (χ2n) is 7.47. The first-order valence-electron chi connectivity index (χ1n) is 8.95. The van der Waals surface area contributed by atoms with Gasteiger partial charge in [-0.2, -0.15) is 0 Å². The van der Waals surface area contributed by atoms with Crippen LogP contribution in [0.25, 0.3) is 11.3 Å². The van der Waals surface area contributed by atoms with E-state index in [1.807, 2.05) is 6.08 Å². The van der Waals surface area contributed by atoms with Crippen molar-refractivity contribution < 1.29 is 27.4 Å². The van der Waals surface area contributed by atoms with E-state index < -0.39 is 18.1 Å². The molecule has 1 aliphatic heterocycles. The molecule has 156 valence electrons. The molecule has 0 bridgehead atoms. The van der Waals surface area contributed by atoms with Crippen molar-refractivity contribution in [3.05, 3.63) is 42.5 Å². The van der Waals surface area contributed by atoms with Crippen LogP contribution < -0.4 is 4.74 Å². The summed E-state index contributed by atoms with van der Waals surface area (Å²) in [6.07, 6.45) is -1.08. The summed E-state index contributed by atoms with van der Waals surface area (Å²) in [6, 6.07) is 5.30. The number of amides is 1. The maximum Gasteiger partial charge on any atom is 0.573 e. The zero-order valence-corrected chi connectivity index (χ0v) is 16.2. The molecule has 7 nitrogen and oxygen atoms in total. The quantitative estimate of drug-likeness (QED) is 0.759. The molecule has 0 saturated heterocycles. The molecule has 2 heterocycles. The van der Waals surface area contributed by atoms with Crippen molar-refractivity contribution in [1.82, 2.24) is 19.7 Å². The lowest BCUT2D eigenvalue weighted by Gasteiger charge is -2.29. The summed E-state index contributed by atoms with van der Waals surface area (Å²) in [4.78, 5) is 18.1. The standard InChI is InChI=1S/C19H21F3N4O3/c1-18(2,3)29-17(27)25-10-4-5-13(11-25)16-23-12-26(24-16)14-6-8-15(9-7-14)28-19(20,21)22/h5-9,12H,4,10-11H2,1-3H3. The Labute approximate surface area is 165 Å². The van der Waals surface area contributed by atoms with Gasteiger partial charge in [0.1, 0.15) is 17.7 Å². The lowest BCUT2D eigenvalue weighted by Crippen LogP contribution is -2.39. The number of rotatable bonds is 3. The van der Waals surface area contributed by atoms with Gasteiger partial charge in [-0.25, -0.2) is 14.5 Å². The number of aromatic nitrogens is 3. The fraction of sp³-hybridized carbons (Fsp3) is 0.421. The minimum absolute atomic E-state index is 0.315. The van der Waals surface area contributed by atoms with E-state index in [0.717, 1.165) is 5.57 Å². The van der Waals surface area contributed by atoms with Crippen LogP contribution in [0, 0.1) is 0 Å². The molecule has 1 aromatic heterocycles. The van der Waals surface area contributed by atoms with Gasteiger partial charge in [-0.05, 0) is 51.5 Å². The van der Waals surface area contributed by atoms with Crippen LogP contribution in [-0.4, -0.2) is 50.8 Å². The molecule has 29 heavy (non-hydrogen) atoms. The molecular formula is C19H21F3N4O3. The second-order valence-corrected chi connectivity index (χ2v) is 7.47. The van der Waals surface area contributed by atoms with Crippen molar-refractivity contribution in [2.75, 3.05) is 13.1 Å². The fourth-order valence-electron chi connectivity index (χ4n) is 2.72. The molecule has 0 atom stereocenters. The average Bonchev–Trinajstić information content (AvgIpc) is 3.10. The SMILES string of the molecule is CC(C)(C)OC(=O)N1CCC=C(c2ncn(-c3ccc(OC(F)(F)F)cc3)n2)C1. The summed E-state index contributed by atoms with van der Waals surface area (Å²) in [7, 11) is 0. The maximum atomic E-state index is 12.3. The highest BCUT2D eigenvalue weighted by molar-refractivity contribution is 5.73. The van der Waals surface area contributed by atoms with Crippen LogP contribution in [0.4, 0.5) is 18.0 Å². The summed E-state index contributed by atoms with van der Waals surface area (Å²) < 4.78 is 47.5. The number of carbonyl (C=O) groups excluding carboxylic acids is 1. The van der Waals surface area contributed by atoms with Crippen molar-refractivity contribution in [3.8, 4) is 11.4 Å². The normalized spacial score (nSPS) is 15.1. The molecule has 0 spiro atoms. The number of alkyl halides is 3.